The molecule has 48 heavy (non-hydrogen) atoms. The van der Waals surface area contributed by atoms with Crippen molar-refractivity contribution >= 4 is 18.0 Å². The number of ether oxygens (including phenoxy) is 2. The van der Waals surface area contributed by atoms with Crippen molar-refractivity contribution in [3.8, 4) is 0 Å². The molecule has 244 valence electrons. The first kappa shape index (κ1) is 32.0. The minimum absolute atomic E-state index is 0.0304. The first-order valence-electron chi connectivity index (χ1n) is 15.0. The lowest BCUT2D eigenvalue weighted by molar-refractivity contribution is -0.115. The third-order valence-corrected chi connectivity index (χ3v) is 7.88. The number of nitrogens with zero attached hydrogens (tertiary/aromatic N) is 2. The Morgan fingerprint density at radius 3 is 1.29 bits per heavy atom. The molecule has 0 aromatic heterocycles. The van der Waals surface area contributed by atoms with Gasteiger partial charge in [0.2, 0.25) is 0 Å². The van der Waals surface area contributed by atoms with Gasteiger partial charge in [-0.25, -0.2) is 18.4 Å². The van der Waals surface area contributed by atoms with E-state index in [2.05, 4.69) is 0 Å². The quantitative estimate of drug-likeness (QED) is 0.190. The maximum absolute atomic E-state index is 14.7. The Kier molecular flexibility index (Phi) is 9.20. The second-order valence-electron chi connectivity index (χ2n) is 11.1. The Hall–Kier alpha value is -5.97. The molecule has 0 saturated heterocycles. The van der Waals surface area contributed by atoms with Gasteiger partial charge in [0.15, 0.2) is 5.78 Å². The van der Waals surface area contributed by atoms with E-state index in [1.54, 1.807) is 48.5 Å². The summed E-state index contributed by atoms with van der Waals surface area (Å²) in [5.74, 6) is -1.50. The zero-order valence-corrected chi connectivity index (χ0v) is 26.0. The molecular weight excluding hydrogens is 622 g/mol. The van der Waals surface area contributed by atoms with Crippen LogP contribution >= 0.6 is 0 Å². The molecule has 2 amide bonds. The molecule has 0 saturated carbocycles. The molecule has 4 aromatic carbocycles. The summed E-state index contributed by atoms with van der Waals surface area (Å²) in [5.41, 5.74) is 2.25. The zero-order valence-electron chi connectivity index (χ0n) is 26.0. The van der Waals surface area contributed by atoms with Crippen molar-refractivity contribution in [2.75, 3.05) is 0 Å². The summed E-state index contributed by atoms with van der Waals surface area (Å²) in [6.07, 6.45) is -1.77. The molecule has 0 N–H and O–H groups in total. The van der Waals surface area contributed by atoms with Gasteiger partial charge in [-0.3, -0.25) is 4.79 Å². The predicted molar refractivity (Wildman–Crippen MR) is 168 cm³/mol. The minimum Gasteiger partial charge on any atom is -0.442 e. The molecule has 0 fully saturated rings. The van der Waals surface area contributed by atoms with Gasteiger partial charge in [-0.1, -0.05) is 84.9 Å². The number of allylic oxidation sites excluding steroid dienone is 2. The van der Waals surface area contributed by atoms with Gasteiger partial charge < -0.3 is 19.1 Å². The highest BCUT2D eigenvalue weighted by Gasteiger charge is 2.49. The van der Waals surface area contributed by atoms with Gasteiger partial charge in [-0.15, -0.1) is 10.1 Å². The molecular formula is C37H30F2N2O7. The van der Waals surface area contributed by atoms with Gasteiger partial charge in [0.05, 0.1) is 11.1 Å². The smallest absolute Gasteiger partial charge is 0.442 e. The summed E-state index contributed by atoms with van der Waals surface area (Å²) in [6, 6.07) is 26.3. The SMILES string of the molecule is CC1=C(C(=O)C2=C(C)ON(C(=O)OCc3ccccc3)C2c2ccc(F)cc2)C(c2ccc(F)cc2)N(C(=O)OCc2ccccc2)O1. The lowest BCUT2D eigenvalue weighted by Gasteiger charge is -2.26. The van der Waals surface area contributed by atoms with Gasteiger partial charge in [-0.2, -0.15) is 0 Å². The average Bonchev–Trinajstić information content (AvgIpc) is 3.64. The Balaban J connectivity index is 1.33. The number of hydrogen-bond acceptors (Lipinski definition) is 7. The molecule has 2 aliphatic rings. The normalized spacial score (nSPS) is 17.2. The third kappa shape index (κ3) is 6.61. The first-order chi connectivity index (χ1) is 23.2. The number of Topliss-reactive ketones (excluding diaryl/α,β-unsaturated/α-hetero) is 1. The Morgan fingerprint density at radius 2 is 0.938 bits per heavy atom. The van der Waals surface area contributed by atoms with Crippen LogP contribution < -0.4 is 0 Å². The Bertz CT molecular complexity index is 1740. The molecule has 2 atom stereocenters. The van der Waals surface area contributed by atoms with Crippen LogP contribution in [0.2, 0.25) is 0 Å². The molecule has 6 rings (SSSR count). The molecule has 9 nitrogen and oxygen atoms in total. The van der Waals surface area contributed by atoms with Crippen LogP contribution in [0.15, 0.2) is 132 Å². The molecule has 0 radical (unpaired) electrons. The van der Waals surface area contributed by atoms with Crippen LogP contribution in [0.25, 0.3) is 0 Å². The van der Waals surface area contributed by atoms with Crippen molar-refractivity contribution in [2.24, 2.45) is 0 Å². The van der Waals surface area contributed by atoms with E-state index in [9.17, 15) is 23.2 Å². The fourth-order valence-electron chi connectivity index (χ4n) is 5.58. The van der Waals surface area contributed by atoms with Gasteiger partial charge in [-0.05, 0) is 60.4 Å². The predicted octanol–water partition coefficient (Wildman–Crippen LogP) is 8.03. The van der Waals surface area contributed by atoms with E-state index in [1.165, 1.54) is 62.4 Å². The van der Waals surface area contributed by atoms with E-state index >= 15 is 0 Å². The maximum atomic E-state index is 14.7. The Morgan fingerprint density at radius 1 is 0.583 bits per heavy atom. The molecule has 0 spiro atoms. The molecule has 11 heteroatoms. The lowest BCUT2D eigenvalue weighted by atomic mass is 9.86. The average molecular weight is 653 g/mol. The maximum Gasteiger partial charge on any atom is 0.444 e. The number of hydroxylamine groups is 4. The van der Waals surface area contributed by atoms with E-state index in [-0.39, 0.29) is 35.9 Å². The summed E-state index contributed by atoms with van der Waals surface area (Å²) in [6.45, 7) is 2.89. The van der Waals surface area contributed by atoms with E-state index in [0.717, 1.165) is 21.3 Å². The summed E-state index contributed by atoms with van der Waals surface area (Å²) >= 11 is 0. The van der Waals surface area contributed by atoms with Crippen molar-refractivity contribution in [1.29, 1.82) is 0 Å². The molecule has 2 unspecified atom stereocenters. The minimum atomic E-state index is -1.16. The second kappa shape index (κ2) is 13.8. The highest BCUT2D eigenvalue weighted by atomic mass is 19.1. The van der Waals surface area contributed by atoms with E-state index in [4.69, 9.17) is 19.1 Å². The van der Waals surface area contributed by atoms with Crippen molar-refractivity contribution in [3.63, 3.8) is 0 Å². The summed E-state index contributed by atoms with van der Waals surface area (Å²) in [5, 5.41) is 1.84. The number of ketones is 1. The number of benzene rings is 4. The molecule has 2 aliphatic heterocycles. The van der Waals surface area contributed by atoms with Gasteiger partial charge >= 0.3 is 12.2 Å². The van der Waals surface area contributed by atoms with Crippen LogP contribution in [0.5, 0.6) is 0 Å². The van der Waals surface area contributed by atoms with Crippen molar-refractivity contribution < 1.29 is 42.3 Å². The number of hydrogen-bond donors (Lipinski definition) is 0. The van der Waals surface area contributed by atoms with Crippen LogP contribution in [-0.2, 0) is 37.2 Å². The number of carbonyl (C=O) groups excluding carboxylic acids is 3. The number of carbonyl (C=O) groups is 3. The summed E-state index contributed by atoms with van der Waals surface area (Å²) in [7, 11) is 0. The summed E-state index contributed by atoms with van der Waals surface area (Å²) < 4.78 is 39.1. The van der Waals surface area contributed by atoms with Crippen LogP contribution in [0.3, 0.4) is 0 Å². The Labute approximate surface area is 275 Å². The summed E-state index contributed by atoms with van der Waals surface area (Å²) in [4.78, 5) is 53.3. The van der Waals surface area contributed by atoms with Crippen LogP contribution in [-0.4, -0.2) is 28.1 Å². The zero-order chi connectivity index (χ0) is 33.8. The van der Waals surface area contributed by atoms with Crippen molar-refractivity contribution in [1.82, 2.24) is 10.1 Å². The highest BCUT2D eigenvalue weighted by molar-refractivity contribution is 6.11. The van der Waals surface area contributed by atoms with Crippen LogP contribution in [0.1, 0.15) is 48.2 Å². The molecule has 2 heterocycles. The van der Waals surface area contributed by atoms with E-state index in [0.29, 0.717) is 11.1 Å². The standard InChI is InChI=1S/C37H30F2N2O7/c1-23-31(33(27-13-17-29(38)18-14-27)40(47-23)36(43)45-21-25-9-5-3-6-10-25)35(42)32-24(2)48-41(34(32)28-15-19-30(39)20-16-28)37(44)46-22-26-11-7-4-8-12-26/h3-20,33-34H,21-22H2,1-2H3. The van der Waals surface area contributed by atoms with Gasteiger partial charge in [0, 0.05) is 0 Å². The topological polar surface area (TPSA) is 94.6 Å². The highest BCUT2D eigenvalue weighted by Crippen LogP contribution is 2.46. The fraction of sp³-hybridized carbons (Fsp3) is 0.162. The molecule has 4 aromatic rings. The second-order valence-corrected chi connectivity index (χ2v) is 11.1. The first-order valence-corrected chi connectivity index (χ1v) is 15.0. The number of halogens is 2. The third-order valence-electron chi connectivity index (χ3n) is 7.88. The van der Waals surface area contributed by atoms with Gasteiger partial charge in [0.1, 0.15) is 48.5 Å². The molecule has 0 aliphatic carbocycles. The van der Waals surface area contributed by atoms with E-state index < -0.39 is 41.7 Å². The van der Waals surface area contributed by atoms with Crippen LogP contribution in [0.4, 0.5) is 18.4 Å². The molecule has 0 bridgehead atoms. The van der Waals surface area contributed by atoms with Crippen molar-refractivity contribution in [3.05, 3.63) is 166 Å². The monoisotopic (exact) mass is 652 g/mol. The largest absolute Gasteiger partial charge is 0.444 e. The van der Waals surface area contributed by atoms with Crippen molar-refractivity contribution in [2.45, 2.75) is 39.1 Å². The van der Waals surface area contributed by atoms with Gasteiger partial charge in [0.25, 0.3) is 0 Å². The lowest BCUT2D eigenvalue weighted by Crippen LogP contribution is -2.34. The van der Waals surface area contributed by atoms with E-state index in [1.807, 2.05) is 12.1 Å². The number of amides is 2. The number of rotatable bonds is 8. The van der Waals surface area contributed by atoms with Crippen LogP contribution in [0, 0.1) is 11.6 Å². The fourth-order valence-corrected chi connectivity index (χ4v) is 5.58.